The number of thioether (sulfide) groups is 1. The number of rotatable bonds is 7. The van der Waals surface area contributed by atoms with Gasteiger partial charge in [-0.15, -0.1) is 11.8 Å². The maximum atomic E-state index is 12.8. The van der Waals surface area contributed by atoms with Gasteiger partial charge in [-0.05, 0) is 25.2 Å². The number of benzene rings is 1. The van der Waals surface area contributed by atoms with Crippen molar-refractivity contribution in [1.82, 2.24) is 15.3 Å². The van der Waals surface area contributed by atoms with Gasteiger partial charge >= 0.3 is 0 Å². The van der Waals surface area contributed by atoms with Gasteiger partial charge in [-0.2, -0.15) is 0 Å². The van der Waals surface area contributed by atoms with Gasteiger partial charge in [0.2, 0.25) is 0 Å². The third-order valence-corrected chi connectivity index (χ3v) is 4.97. The molecule has 0 saturated carbocycles. The monoisotopic (exact) mass is 357 g/mol. The topological polar surface area (TPSA) is 54.9 Å². The van der Waals surface area contributed by atoms with E-state index in [2.05, 4.69) is 48.2 Å². The van der Waals surface area contributed by atoms with E-state index in [9.17, 15) is 4.79 Å². The molecule has 25 heavy (non-hydrogen) atoms. The highest BCUT2D eigenvalue weighted by atomic mass is 32.2. The lowest BCUT2D eigenvalue weighted by atomic mass is 9.96. The van der Waals surface area contributed by atoms with Crippen molar-refractivity contribution >= 4 is 17.7 Å². The van der Waals surface area contributed by atoms with Crippen molar-refractivity contribution in [1.29, 1.82) is 0 Å². The fourth-order valence-corrected chi connectivity index (χ4v) is 3.39. The van der Waals surface area contributed by atoms with E-state index in [1.807, 2.05) is 31.4 Å². The molecule has 1 atom stereocenters. The standard InChI is InChI=1S/C20H27N3OS/c1-6-15(16-10-8-7-9-11-16)12-21-19(24)17-14(4)22-18(13(2)3)23-20(17)25-5/h7-11,13,15H,6,12H2,1-5H3,(H,21,24). The predicted molar refractivity (Wildman–Crippen MR) is 104 cm³/mol. The molecule has 1 amide bonds. The van der Waals surface area contributed by atoms with Crippen molar-refractivity contribution in [3.05, 3.63) is 53.0 Å². The lowest BCUT2D eigenvalue weighted by Crippen LogP contribution is -2.30. The van der Waals surface area contributed by atoms with Crippen LogP contribution in [0.4, 0.5) is 0 Å². The number of aryl methyl sites for hydroxylation is 1. The van der Waals surface area contributed by atoms with Crippen LogP contribution in [-0.4, -0.2) is 28.7 Å². The van der Waals surface area contributed by atoms with Gasteiger partial charge in [0, 0.05) is 18.4 Å². The summed E-state index contributed by atoms with van der Waals surface area (Å²) in [4.78, 5) is 21.9. The predicted octanol–water partition coefficient (Wildman–Crippen LogP) is 4.55. The number of amides is 1. The Morgan fingerprint density at radius 1 is 1.20 bits per heavy atom. The average molecular weight is 358 g/mol. The number of hydrogen-bond acceptors (Lipinski definition) is 4. The van der Waals surface area contributed by atoms with Crippen LogP contribution in [0.15, 0.2) is 35.4 Å². The summed E-state index contributed by atoms with van der Waals surface area (Å²) >= 11 is 1.49. The van der Waals surface area contributed by atoms with Crippen molar-refractivity contribution in [2.24, 2.45) is 0 Å². The second-order valence-electron chi connectivity index (χ2n) is 6.43. The molecule has 2 rings (SSSR count). The van der Waals surface area contributed by atoms with Crippen LogP contribution < -0.4 is 5.32 Å². The zero-order valence-electron chi connectivity index (χ0n) is 15.7. The van der Waals surface area contributed by atoms with E-state index in [-0.39, 0.29) is 11.8 Å². The molecule has 0 aliphatic rings. The van der Waals surface area contributed by atoms with E-state index in [4.69, 9.17) is 0 Å². The summed E-state index contributed by atoms with van der Waals surface area (Å²) in [5.74, 6) is 1.24. The van der Waals surface area contributed by atoms with Crippen LogP contribution in [0.25, 0.3) is 0 Å². The maximum Gasteiger partial charge on any atom is 0.255 e. The van der Waals surface area contributed by atoms with Crippen LogP contribution >= 0.6 is 11.8 Å². The molecule has 1 heterocycles. The highest BCUT2D eigenvalue weighted by Crippen LogP contribution is 2.24. The Balaban J connectivity index is 2.18. The SMILES string of the molecule is CCC(CNC(=O)c1c(C)nc(C(C)C)nc1SC)c1ccccc1. The number of aromatic nitrogens is 2. The summed E-state index contributed by atoms with van der Waals surface area (Å²) in [6, 6.07) is 10.3. The summed E-state index contributed by atoms with van der Waals surface area (Å²) < 4.78 is 0. The minimum atomic E-state index is -0.0912. The molecule has 0 fully saturated rings. The summed E-state index contributed by atoms with van der Waals surface area (Å²) in [5, 5.41) is 3.83. The molecule has 1 aromatic heterocycles. The van der Waals surface area contributed by atoms with Crippen molar-refractivity contribution in [2.75, 3.05) is 12.8 Å². The number of carbonyl (C=O) groups excluding carboxylic acids is 1. The Kier molecular flexibility index (Phi) is 7.00. The lowest BCUT2D eigenvalue weighted by molar-refractivity contribution is 0.0946. The van der Waals surface area contributed by atoms with E-state index in [0.29, 0.717) is 18.0 Å². The van der Waals surface area contributed by atoms with Crippen molar-refractivity contribution < 1.29 is 4.79 Å². The highest BCUT2D eigenvalue weighted by Gasteiger charge is 2.20. The van der Waals surface area contributed by atoms with Gasteiger partial charge in [-0.1, -0.05) is 51.1 Å². The largest absolute Gasteiger partial charge is 0.351 e. The van der Waals surface area contributed by atoms with E-state index in [0.717, 1.165) is 23.0 Å². The second kappa shape index (κ2) is 8.99. The molecule has 0 bridgehead atoms. The number of nitrogens with zero attached hydrogens (tertiary/aromatic N) is 2. The van der Waals surface area contributed by atoms with Crippen LogP contribution in [-0.2, 0) is 0 Å². The second-order valence-corrected chi connectivity index (χ2v) is 7.23. The Bertz CT molecular complexity index is 716. The molecule has 0 radical (unpaired) electrons. The lowest BCUT2D eigenvalue weighted by Gasteiger charge is -2.18. The van der Waals surface area contributed by atoms with Crippen molar-refractivity contribution in [3.8, 4) is 0 Å². The van der Waals surface area contributed by atoms with Crippen LogP contribution in [0, 0.1) is 6.92 Å². The molecule has 0 saturated heterocycles. The molecule has 1 unspecified atom stereocenters. The van der Waals surface area contributed by atoms with Crippen LogP contribution in [0.1, 0.15) is 66.5 Å². The van der Waals surface area contributed by atoms with Gasteiger partial charge in [0.15, 0.2) is 0 Å². The average Bonchev–Trinajstić information content (AvgIpc) is 2.62. The first kappa shape index (κ1) is 19.4. The molecule has 5 heteroatoms. The summed E-state index contributed by atoms with van der Waals surface area (Å²) in [7, 11) is 0. The van der Waals surface area contributed by atoms with E-state index in [1.54, 1.807) is 0 Å². The smallest absolute Gasteiger partial charge is 0.255 e. The minimum absolute atomic E-state index is 0.0912. The van der Waals surface area contributed by atoms with Crippen molar-refractivity contribution in [3.63, 3.8) is 0 Å². The first-order valence-electron chi connectivity index (χ1n) is 8.73. The fraction of sp³-hybridized carbons (Fsp3) is 0.450. The zero-order valence-corrected chi connectivity index (χ0v) is 16.5. The van der Waals surface area contributed by atoms with Gasteiger partial charge in [-0.3, -0.25) is 4.79 Å². The van der Waals surface area contributed by atoms with E-state index >= 15 is 0 Å². The molecular formula is C20H27N3OS. The fourth-order valence-electron chi connectivity index (χ4n) is 2.76. The summed E-state index contributed by atoms with van der Waals surface area (Å²) in [5.41, 5.74) is 2.59. The summed E-state index contributed by atoms with van der Waals surface area (Å²) in [6.07, 6.45) is 2.92. The molecule has 134 valence electrons. The molecule has 1 N–H and O–H groups in total. The molecule has 0 aliphatic carbocycles. The van der Waals surface area contributed by atoms with Crippen LogP contribution in [0.3, 0.4) is 0 Å². The molecule has 0 aliphatic heterocycles. The van der Waals surface area contributed by atoms with Gasteiger partial charge < -0.3 is 5.32 Å². The van der Waals surface area contributed by atoms with Gasteiger partial charge in [0.1, 0.15) is 10.9 Å². The van der Waals surface area contributed by atoms with E-state index < -0.39 is 0 Å². The number of nitrogens with one attached hydrogen (secondary N) is 1. The van der Waals surface area contributed by atoms with E-state index in [1.165, 1.54) is 17.3 Å². The van der Waals surface area contributed by atoms with Crippen LogP contribution in [0.5, 0.6) is 0 Å². The van der Waals surface area contributed by atoms with Gasteiger partial charge in [0.05, 0.1) is 11.3 Å². The molecule has 2 aromatic rings. The Morgan fingerprint density at radius 2 is 1.88 bits per heavy atom. The molecular weight excluding hydrogens is 330 g/mol. The first-order valence-corrected chi connectivity index (χ1v) is 9.96. The Hall–Kier alpha value is -1.88. The minimum Gasteiger partial charge on any atom is -0.351 e. The summed E-state index contributed by atoms with van der Waals surface area (Å²) in [6.45, 7) is 8.76. The first-order chi connectivity index (χ1) is 12.0. The quantitative estimate of drug-likeness (QED) is 0.583. The van der Waals surface area contributed by atoms with Crippen molar-refractivity contribution in [2.45, 2.75) is 51.0 Å². The normalized spacial score (nSPS) is 12.2. The molecule has 4 nitrogen and oxygen atoms in total. The Labute approximate surface area is 154 Å². The Morgan fingerprint density at radius 3 is 2.44 bits per heavy atom. The molecule has 1 aromatic carbocycles. The van der Waals surface area contributed by atoms with Gasteiger partial charge in [-0.25, -0.2) is 9.97 Å². The number of carbonyl (C=O) groups is 1. The zero-order chi connectivity index (χ0) is 18.4. The maximum absolute atomic E-state index is 12.8. The molecule has 0 spiro atoms. The van der Waals surface area contributed by atoms with Gasteiger partial charge in [0.25, 0.3) is 5.91 Å². The highest BCUT2D eigenvalue weighted by molar-refractivity contribution is 7.98. The third kappa shape index (κ3) is 4.82. The number of hydrogen-bond donors (Lipinski definition) is 1. The third-order valence-electron chi connectivity index (χ3n) is 4.28. The van der Waals surface area contributed by atoms with Crippen LogP contribution in [0.2, 0.25) is 0 Å².